The lowest BCUT2D eigenvalue weighted by molar-refractivity contribution is -0.138. The van der Waals surface area contributed by atoms with Crippen LogP contribution in [0.5, 0.6) is 0 Å². The zero-order valence-electron chi connectivity index (χ0n) is 15.9. The summed E-state index contributed by atoms with van der Waals surface area (Å²) < 4.78 is 52.7. The Morgan fingerprint density at radius 3 is 2.71 bits per heavy atom. The maximum atomic E-state index is 13.3. The number of halogens is 5. The van der Waals surface area contributed by atoms with Crippen molar-refractivity contribution in [1.29, 1.82) is 0 Å². The summed E-state index contributed by atoms with van der Waals surface area (Å²) in [6, 6.07) is 7.97. The van der Waals surface area contributed by atoms with Gasteiger partial charge in [-0.2, -0.15) is 13.2 Å². The largest absolute Gasteiger partial charge is 0.416 e. The molecular weight excluding hydrogens is 456 g/mol. The van der Waals surface area contributed by atoms with Crippen LogP contribution in [0.15, 0.2) is 36.4 Å². The van der Waals surface area contributed by atoms with Gasteiger partial charge in [0, 0.05) is 18.5 Å². The molecule has 3 aromatic rings. The van der Waals surface area contributed by atoms with E-state index in [0.29, 0.717) is 11.6 Å². The van der Waals surface area contributed by atoms with Gasteiger partial charge in [-0.05, 0) is 53.9 Å². The van der Waals surface area contributed by atoms with Crippen LogP contribution >= 0.6 is 23.7 Å². The first-order valence-electron chi connectivity index (χ1n) is 9.11. The first-order valence-corrected chi connectivity index (χ1v) is 9.93. The molecule has 1 amide bonds. The van der Waals surface area contributed by atoms with Gasteiger partial charge in [0.2, 0.25) is 5.13 Å². The van der Waals surface area contributed by atoms with Crippen molar-refractivity contribution in [3.05, 3.63) is 75.0 Å². The number of fused-ring (bicyclic) bond motifs is 1. The molecule has 0 saturated carbocycles. The van der Waals surface area contributed by atoms with Crippen LogP contribution in [0.1, 0.15) is 37.6 Å². The second-order valence-corrected chi connectivity index (χ2v) is 7.90. The van der Waals surface area contributed by atoms with Crippen molar-refractivity contribution in [2.75, 3.05) is 11.9 Å². The number of hydrogen-bond donors (Lipinski definition) is 2. The Morgan fingerprint density at radius 2 is 1.94 bits per heavy atom. The summed E-state index contributed by atoms with van der Waals surface area (Å²) >= 11 is 0.978. The number of alkyl halides is 3. The molecule has 0 bridgehead atoms. The Hall–Kier alpha value is -2.56. The van der Waals surface area contributed by atoms with Crippen LogP contribution in [-0.2, 0) is 25.6 Å². The molecule has 11 heteroatoms. The van der Waals surface area contributed by atoms with Crippen LogP contribution in [-0.4, -0.2) is 22.6 Å². The van der Waals surface area contributed by atoms with E-state index >= 15 is 0 Å². The fourth-order valence-electron chi connectivity index (χ4n) is 3.29. The van der Waals surface area contributed by atoms with E-state index in [0.717, 1.165) is 54.1 Å². The minimum absolute atomic E-state index is 0. The molecule has 2 aromatic carbocycles. The van der Waals surface area contributed by atoms with Gasteiger partial charge >= 0.3 is 6.18 Å². The molecule has 1 aromatic heterocycles. The van der Waals surface area contributed by atoms with Gasteiger partial charge in [-0.1, -0.05) is 23.5 Å². The second-order valence-electron chi connectivity index (χ2n) is 6.84. The van der Waals surface area contributed by atoms with Crippen LogP contribution in [0, 0.1) is 5.82 Å². The number of nitrogens with one attached hydrogen (secondary N) is 2. The van der Waals surface area contributed by atoms with Crippen LogP contribution in [0.25, 0.3) is 0 Å². The number of benzene rings is 2. The summed E-state index contributed by atoms with van der Waals surface area (Å²) in [6.45, 7) is 1.61. The Morgan fingerprint density at radius 1 is 1.13 bits per heavy atom. The third-order valence-electron chi connectivity index (χ3n) is 4.76. The van der Waals surface area contributed by atoms with Gasteiger partial charge in [-0.3, -0.25) is 10.1 Å². The molecule has 1 aliphatic rings. The van der Waals surface area contributed by atoms with Gasteiger partial charge in [-0.15, -0.1) is 22.6 Å². The highest BCUT2D eigenvalue weighted by Gasteiger charge is 2.34. The van der Waals surface area contributed by atoms with Gasteiger partial charge in [-0.25, -0.2) is 4.39 Å². The maximum absolute atomic E-state index is 13.3. The molecule has 0 spiro atoms. The first kappa shape index (κ1) is 23.1. The molecule has 0 atom stereocenters. The van der Waals surface area contributed by atoms with Gasteiger partial charge < -0.3 is 5.32 Å². The molecule has 5 nitrogen and oxygen atoms in total. The fourth-order valence-corrected chi connectivity index (χ4v) is 4.05. The monoisotopic (exact) mass is 472 g/mol. The highest BCUT2D eigenvalue weighted by Crippen LogP contribution is 2.34. The molecule has 0 aliphatic carbocycles. The molecule has 0 radical (unpaired) electrons. The number of rotatable bonds is 4. The lowest BCUT2D eigenvalue weighted by Crippen LogP contribution is -2.24. The topological polar surface area (TPSA) is 66.9 Å². The smallest absolute Gasteiger partial charge is 0.312 e. The summed E-state index contributed by atoms with van der Waals surface area (Å²) in [6.07, 6.45) is -4.02. The Bertz CT molecular complexity index is 1100. The van der Waals surface area contributed by atoms with Crippen molar-refractivity contribution >= 4 is 34.8 Å². The molecule has 0 unspecified atom stereocenters. The molecular formula is C20H17ClF4N4OS. The average molecular weight is 473 g/mol. The Labute approximate surface area is 185 Å². The summed E-state index contributed by atoms with van der Waals surface area (Å²) in [5, 5.41) is 14.1. The van der Waals surface area contributed by atoms with Crippen LogP contribution in [0.4, 0.5) is 22.7 Å². The van der Waals surface area contributed by atoms with Crippen molar-refractivity contribution < 1.29 is 22.4 Å². The first-order chi connectivity index (χ1) is 14.3. The van der Waals surface area contributed by atoms with E-state index in [-0.39, 0.29) is 40.4 Å². The van der Waals surface area contributed by atoms with E-state index in [2.05, 4.69) is 20.8 Å². The van der Waals surface area contributed by atoms with Gasteiger partial charge in [0.25, 0.3) is 5.91 Å². The lowest BCUT2D eigenvalue weighted by Gasteiger charge is -2.17. The van der Waals surface area contributed by atoms with Crippen molar-refractivity contribution in [3.63, 3.8) is 0 Å². The summed E-state index contributed by atoms with van der Waals surface area (Å²) in [4.78, 5) is 12.5. The fraction of sp³-hybridized carbons (Fsp3) is 0.250. The average Bonchev–Trinajstić information content (AvgIpc) is 3.15. The number of amides is 1. The molecule has 2 N–H and O–H groups in total. The number of carbonyl (C=O) groups is 1. The predicted octanol–water partition coefficient (Wildman–Crippen LogP) is 4.61. The molecule has 0 fully saturated rings. The molecule has 0 saturated heterocycles. The minimum Gasteiger partial charge on any atom is -0.312 e. The number of anilines is 1. The van der Waals surface area contributed by atoms with Crippen molar-refractivity contribution in [2.45, 2.75) is 25.6 Å². The van der Waals surface area contributed by atoms with Crippen LogP contribution < -0.4 is 10.6 Å². The van der Waals surface area contributed by atoms with Gasteiger partial charge in [0.05, 0.1) is 5.56 Å². The standard InChI is InChI=1S/C20H16F4N4OS.ClH/c21-15-4-3-12(16(9-15)20(22,23)24)8-17-27-28-19(30-17)26-18(29)13-1-2-14-10-25-6-5-11(14)7-13;/h1-4,7,9,25H,5-6,8,10H2,(H,26,28,29);1H. The zero-order valence-corrected chi connectivity index (χ0v) is 17.6. The Kier molecular flexibility index (Phi) is 6.93. The van der Waals surface area contributed by atoms with E-state index in [1.54, 1.807) is 6.07 Å². The van der Waals surface area contributed by atoms with E-state index in [1.807, 2.05) is 12.1 Å². The highest BCUT2D eigenvalue weighted by molar-refractivity contribution is 7.15. The third kappa shape index (κ3) is 5.38. The number of nitrogens with zero attached hydrogens (tertiary/aromatic N) is 2. The summed E-state index contributed by atoms with van der Waals surface area (Å²) in [5.74, 6) is -1.33. The number of carbonyl (C=O) groups excluding carboxylic acids is 1. The van der Waals surface area contributed by atoms with Crippen LogP contribution in [0.3, 0.4) is 0 Å². The lowest BCUT2D eigenvalue weighted by atomic mass is 9.98. The normalized spacial score (nSPS) is 13.3. The molecule has 1 aliphatic heterocycles. The highest BCUT2D eigenvalue weighted by atomic mass is 35.5. The Balaban J connectivity index is 0.00000272. The SMILES string of the molecule is Cl.O=C(Nc1nnc(Cc2ccc(F)cc2C(F)(F)F)s1)c1ccc2c(c1)CCNC2. The van der Waals surface area contributed by atoms with Gasteiger partial charge in [0.15, 0.2) is 0 Å². The predicted molar refractivity (Wildman–Crippen MR) is 111 cm³/mol. The van der Waals surface area contributed by atoms with E-state index in [4.69, 9.17) is 0 Å². The quantitative estimate of drug-likeness (QED) is 0.544. The van der Waals surface area contributed by atoms with Crippen molar-refractivity contribution in [1.82, 2.24) is 15.5 Å². The van der Waals surface area contributed by atoms with E-state index in [9.17, 15) is 22.4 Å². The molecule has 4 rings (SSSR count). The van der Waals surface area contributed by atoms with Crippen molar-refractivity contribution in [3.8, 4) is 0 Å². The van der Waals surface area contributed by atoms with E-state index < -0.39 is 17.6 Å². The molecule has 164 valence electrons. The maximum Gasteiger partial charge on any atom is 0.416 e. The summed E-state index contributed by atoms with van der Waals surface area (Å²) in [5.41, 5.74) is 1.57. The third-order valence-corrected chi connectivity index (χ3v) is 5.60. The van der Waals surface area contributed by atoms with Crippen molar-refractivity contribution in [2.24, 2.45) is 0 Å². The number of aromatic nitrogens is 2. The second kappa shape index (κ2) is 9.29. The van der Waals surface area contributed by atoms with Gasteiger partial charge in [0.1, 0.15) is 10.8 Å². The zero-order chi connectivity index (χ0) is 21.3. The van der Waals surface area contributed by atoms with E-state index in [1.165, 1.54) is 0 Å². The van der Waals surface area contributed by atoms with Crippen LogP contribution in [0.2, 0.25) is 0 Å². The minimum atomic E-state index is -4.68. The number of hydrogen-bond acceptors (Lipinski definition) is 5. The summed E-state index contributed by atoms with van der Waals surface area (Å²) in [7, 11) is 0. The molecule has 2 heterocycles. The molecule has 31 heavy (non-hydrogen) atoms.